The smallest absolute Gasteiger partial charge is 0.272 e. The van der Waals surface area contributed by atoms with E-state index in [1.54, 1.807) is 36.4 Å². The van der Waals surface area contributed by atoms with Gasteiger partial charge in [-0.05, 0) is 63.4 Å². The minimum atomic E-state index is -4.22. The van der Waals surface area contributed by atoms with Crippen molar-refractivity contribution in [3.8, 4) is 5.75 Å². The van der Waals surface area contributed by atoms with Gasteiger partial charge < -0.3 is 4.74 Å². The molecule has 6 rings (SSSR count). The molecule has 4 aromatic rings. The number of hydrogen-bond acceptors (Lipinski definition) is 4. The van der Waals surface area contributed by atoms with Crippen LogP contribution in [0.1, 0.15) is 58.6 Å². The van der Waals surface area contributed by atoms with Crippen LogP contribution in [0.4, 0.5) is 5.69 Å². The summed E-state index contributed by atoms with van der Waals surface area (Å²) in [5, 5.41) is 1.52. The normalized spacial score (nSPS) is 18.6. The molecule has 0 spiro atoms. The topological polar surface area (TPSA) is 63.7 Å². The number of ether oxygens (including phenoxy) is 1. The number of sulfonamides is 1. The maximum Gasteiger partial charge on any atom is 0.272 e. The van der Waals surface area contributed by atoms with E-state index in [4.69, 9.17) is 4.74 Å². The fourth-order valence-electron chi connectivity index (χ4n) is 5.65. The van der Waals surface area contributed by atoms with E-state index in [9.17, 15) is 13.2 Å². The molecule has 4 aromatic carbocycles. The molecular formula is C31H29NO4S. The summed E-state index contributed by atoms with van der Waals surface area (Å²) >= 11 is 0. The van der Waals surface area contributed by atoms with E-state index in [1.165, 1.54) is 0 Å². The monoisotopic (exact) mass is 511 g/mol. The molecule has 2 atom stereocenters. The molecule has 0 N–H and O–H groups in total. The SMILES string of the molecule is Cc1ccc(C(=O)N(c2cc3c(c4ccccc24)O[C@@H]2CCCC[C@H]32)S(=O)(=O)c2ccc(C)cc2)cc1. The van der Waals surface area contributed by atoms with Crippen molar-refractivity contribution in [3.05, 3.63) is 101 Å². The van der Waals surface area contributed by atoms with Crippen LogP contribution in [-0.2, 0) is 10.0 Å². The number of carbonyl (C=O) groups is 1. The Labute approximate surface area is 217 Å². The maximum atomic E-state index is 14.2. The predicted octanol–water partition coefficient (Wildman–Crippen LogP) is 6.91. The maximum absolute atomic E-state index is 14.2. The molecule has 6 heteroatoms. The van der Waals surface area contributed by atoms with Crippen LogP contribution in [0.2, 0.25) is 0 Å². The molecule has 1 fully saturated rings. The molecule has 0 bridgehead atoms. The molecule has 5 nitrogen and oxygen atoms in total. The third-order valence-electron chi connectivity index (χ3n) is 7.63. The molecule has 0 aromatic heterocycles. The lowest BCUT2D eigenvalue weighted by Crippen LogP contribution is -2.37. The highest BCUT2D eigenvalue weighted by molar-refractivity contribution is 7.93. The number of amides is 1. The summed E-state index contributed by atoms with van der Waals surface area (Å²) < 4.78 is 35.9. The fraction of sp³-hybridized carbons (Fsp3) is 0.258. The molecule has 1 amide bonds. The van der Waals surface area contributed by atoms with Crippen molar-refractivity contribution in [3.63, 3.8) is 0 Å². The van der Waals surface area contributed by atoms with E-state index in [2.05, 4.69) is 0 Å². The Morgan fingerprint density at radius 1 is 0.838 bits per heavy atom. The molecule has 0 saturated heterocycles. The lowest BCUT2D eigenvalue weighted by molar-refractivity contribution is 0.101. The number of nitrogens with zero attached hydrogens (tertiary/aromatic N) is 1. The molecule has 2 aliphatic rings. The Bertz CT molecular complexity index is 1610. The van der Waals surface area contributed by atoms with Crippen LogP contribution in [0.15, 0.2) is 83.8 Å². The van der Waals surface area contributed by atoms with E-state index < -0.39 is 15.9 Å². The summed E-state index contributed by atoms with van der Waals surface area (Å²) in [5.74, 6) is 0.446. The van der Waals surface area contributed by atoms with Crippen molar-refractivity contribution < 1.29 is 17.9 Å². The second kappa shape index (κ2) is 9.03. The number of anilines is 1. The van der Waals surface area contributed by atoms with Crippen LogP contribution in [0.5, 0.6) is 5.75 Å². The van der Waals surface area contributed by atoms with Crippen LogP contribution in [-0.4, -0.2) is 20.4 Å². The van der Waals surface area contributed by atoms with Gasteiger partial charge >= 0.3 is 0 Å². The van der Waals surface area contributed by atoms with E-state index in [1.807, 2.05) is 56.3 Å². The Hall–Kier alpha value is -3.64. The van der Waals surface area contributed by atoms with Gasteiger partial charge in [0.2, 0.25) is 0 Å². The number of hydrogen-bond donors (Lipinski definition) is 0. The van der Waals surface area contributed by atoms with Gasteiger partial charge in [0.05, 0.1) is 10.6 Å². The Morgan fingerprint density at radius 3 is 2.16 bits per heavy atom. The summed E-state index contributed by atoms with van der Waals surface area (Å²) in [5.41, 5.74) is 3.62. The summed E-state index contributed by atoms with van der Waals surface area (Å²) in [6, 6.07) is 23.2. The van der Waals surface area contributed by atoms with Gasteiger partial charge in [0.25, 0.3) is 15.9 Å². The first-order valence-corrected chi connectivity index (χ1v) is 14.2. The van der Waals surface area contributed by atoms with Crippen molar-refractivity contribution in [2.24, 2.45) is 0 Å². The minimum Gasteiger partial charge on any atom is -0.489 e. The zero-order chi connectivity index (χ0) is 25.7. The number of benzene rings is 4. The lowest BCUT2D eigenvalue weighted by Gasteiger charge is -2.26. The predicted molar refractivity (Wildman–Crippen MR) is 146 cm³/mol. The van der Waals surface area contributed by atoms with Gasteiger partial charge in [-0.2, -0.15) is 4.31 Å². The quantitative estimate of drug-likeness (QED) is 0.299. The largest absolute Gasteiger partial charge is 0.489 e. The fourth-order valence-corrected chi connectivity index (χ4v) is 7.07. The van der Waals surface area contributed by atoms with Crippen molar-refractivity contribution in [2.45, 2.75) is 56.4 Å². The lowest BCUT2D eigenvalue weighted by atomic mass is 9.82. The number of rotatable bonds is 4. The van der Waals surface area contributed by atoms with E-state index in [0.29, 0.717) is 16.6 Å². The average molecular weight is 512 g/mol. The van der Waals surface area contributed by atoms with Crippen LogP contribution < -0.4 is 9.04 Å². The zero-order valence-electron chi connectivity index (χ0n) is 21.0. The summed E-state index contributed by atoms with van der Waals surface area (Å²) in [4.78, 5) is 14.2. The van der Waals surface area contributed by atoms with Gasteiger partial charge in [-0.1, -0.05) is 66.1 Å². The second-order valence-electron chi connectivity index (χ2n) is 10.2. The summed E-state index contributed by atoms with van der Waals surface area (Å²) in [6.45, 7) is 3.84. The van der Waals surface area contributed by atoms with Gasteiger partial charge in [0.1, 0.15) is 11.9 Å². The van der Waals surface area contributed by atoms with Crippen LogP contribution in [0.25, 0.3) is 10.8 Å². The van der Waals surface area contributed by atoms with Crippen molar-refractivity contribution in [2.75, 3.05) is 4.31 Å². The number of fused-ring (bicyclic) bond motifs is 5. The standard InChI is InChI=1S/C31H29NO4S/c1-20-11-15-22(16-12-20)31(33)32(37(34,35)23-17-13-21(2)14-18-23)28-19-27-25-8-5-6-10-29(25)36-30(27)26-9-4-3-7-24(26)28/h3-4,7,9,11-19,25,29H,5-6,8,10H2,1-2H3/t25-,29-/m1/s1. The highest BCUT2D eigenvalue weighted by Gasteiger charge is 2.40. The van der Waals surface area contributed by atoms with E-state index in [-0.39, 0.29) is 16.9 Å². The van der Waals surface area contributed by atoms with E-state index in [0.717, 1.165) is 57.8 Å². The van der Waals surface area contributed by atoms with Crippen molar-refractivity contribution in [1.29, 1.82) is 0 Å². The van der Waals surface area contributed by atoms with Crippen molar-refractivity contribution in [1.82, 2.24) is 0 Å². The van der Waals surface area contributed by atoms with Gasteiger partial charge in [-0.25, -0.2) is 8.42 Å². The molecular weight excluding hydrogens is 482 g/mol. The summed E-state index contributed by atoms with van der Waals surface area (Å²) in [7, 11) is -4.22. The van der Waals surface area contributed by atoms with Gasteiger partial charge in [-0.3, -0.25) is 4.79 Å². The minimum absolute atomic E-state index is 0.0786. The van der Waals surface area contributed by atoms with Gasteiger partial charge in [-0.15, -0.1) is 0 Å². The zero-order valence-corrected chi connectivity index (χ0v) is 21.8. The second-order valence-corrected chi connectivity index (χ2v) is 11.9. The molecule has 188 valence electrons. The Morgan fingerprint density at radius 2 is 1.46 bits per heavy atom. The molecule has 0 unspecified atom stereocenters. The van der Waals surface area contributed by atoms with E-state index >= 15 is 0 Å². The highest BCUT2D eigenvalue weighted by Crippen LogP contribution is 2.51. The molecule has 1 heterocycles. The van der Waals surface area contributed by atoms with Gasteiger partial charge in [0, 0.05) is 27.8 Å². The Balaban J connectivity index is 1.61. The molecule has 0 radical (unpaired) electrons. The molecule has 1 aliphatic carbocycles. The highest BCUT2D eigenvalue weighted by atomic mass is 32.2. The van der Waals surface area contributed by atoms with Gasteiger partial charge in [0.15, 0.2) is 0 Å². The van der Waals surface area contributed by atoms with Crippen molar-refractivity contribution >= 4 is 32.4 Å². The average Bonchev–Trinajstić information content (AvgIpc) is 3.28. The number of carbonyl (C=O) groups excluding carboxylic acids is 1. The molecule has 37 heavy (non-hydrogen) atoms. The third-order valence-corrected chi connectivity index (χ3v) is 9.35. The summed E-state index contributed by atoms with van der Waals surface area (Å²) in [6.07, 6.45) is 4.31. The molecule has 1 saturated carbocycles. The molecule has 1 aliphatic heterocycles. The van der Waals surface area contributed by atoms with Crippen LogP contribution >= 0.6 is 0 Å². The first kappa shape index (κ1) is 23.7. The first-order valence-electron chi connectivity index (χ1n) is 12.8. The van der Waals surface area contributed by atoms with Crippen LogP contribution in [0, 0.1) is 13.8 Å². The number of aryl methyl sites for hydroxylation is 2. The third kappa shape index (κ3) is 4.00. The first-order chi connectivity index (χ1) is 17.8. The Kier molecular flexibility index (Phi) is 5.80. The van der Waals surface area contributed by atoms with Crippen LogP contribution in [0.3, 0.4) is 0 Å².